The number of hydrogen-bond acceptors (Lipinski definition) is 3. The number of nitrogens with zero attached hydrogens (tertiary/aromatic N) is 3. The predicted octanol–water partition coefficient (Wildman–Crippen LogP) is 1.17. The standard InChI is InChI=1S/C13H19N3O/c1-10-4-5-11(8-14-10)13(17)16-7-6-12(9-16)15(2)3/h4-5,8,12H,6-7,9H2,1-3H3/t12-/m1/s1. The van der Waals surface area contributed by atoms with Crippen LogP contribution in [-0.2, 0) is 0 Å². The summed E-state index contributed by atoms with van der Waals surface area (Å²) in [6.07, 6.45) is 2.72. The van der Waals surface area contributed by atoms with Gasteiger partial charge in [-0.25, -0.2) is 0 Å². The molecule has 1 atom stereocenters. The van der Waals surface area contributed by atoms with Crippen LogP contribution in [0.5, 0.6) is 0 Å². The fourth-order valence-electron chi connectivity index (χ4n) is 2.12. The molecule has 0 saturated carbocycles. The number of carbonyl (C=O) groups is 1. The molecule has 1 amide bonds. The van der Waals surface area contributed by atoms with Crippen LogP contribution < -0.4 is 0 Å². The predicted molar refractivity (Wildman–Crippen MR) is 67.0 cm³/mol. The average molecular weight is 233 g/mol. The van der Waals surface area contributed by atoms with E-state index in [9.17, 15) is 4.79 Å². The van der Waals surface area contributed by atoms with E-state index in [0.29, 0.717) is 11.6 Å². The smallest absolute Gasteiger partial charge is 0.255 e. The highest BCUT2D eigenvalue weighted by molar-refractivity contribution is 5.94. The normalized spacial score (nSPS) is 20.0. The summed E-state index contributed by atoms with van der Waals surface area (Å²) in [5, 5.41) is 0. The molecule has 0 bridgehead atoms. The van der Waals surface area contributed by atoms with Gasteiger partial charge in [0.05, 0.1) is 5.56 Å². The van der Waals surface area contributed by atoms with E-state index in [0.717, 1.165) is 25.2 Å². The number of likely N-dealkylation sites (tertiary alicyclic amines) is 1. The quantitative estimate of drug-likeness (QED) is 0.769. The summed E-state index contributed by atoms with van der Waals surface area (Å²) in [7, 11) is 4.12. The summed E-state index contributed by atoms with van der Waals surface area (Å²) >= 11 is 0. The molecule has 4 nitrogen and oxygen atoms in total. The van der Waals surface area contributed by atoms with Crippen molar-refractivity contribution in [2.75, 3.05) is 27.2 Å². The number of rotatable bonds is 2. The van der Waals surface area contributed by atoms with E-state index in [1.54, 1.807) is 6.20 Å². The first-order valence-corrected chi connectivity index (χ1v) is 5.96. The van der Waals surface area contributed by atoms with E-state index >= 15 is 0 Å². The van der Waals surface area contributed by atoms with E-state index in [4.69, 9.17) is 0 Å². The summed E-state index contributed by atoms with van der Waals surface area (Å²) in [6.45, 7) is 3.58. The lowest BCUT2D eigenvalue weighted by molar-refractivity contribution is 0.0782. The fourth-order valence-corrected chi connectivity index (χ4v) is 2.12. The number of aromatic nitrogens is 1. The first-order chi connectivity index (χ1) is 8.08. The Hall–Kier alpha value is -1.42. The highest BCUT2D eigenvalue weighted by atomic mass is 16.2. The van der Waals surface area contributed by atoms with Crippen molar-refractivity contribution in [1.29, 1.82) is 0 Å². The first-order valence-electron chi connectivity index (χ1n) is 5.96. The van der Waals surface area contributed by atoms with Crippen molar-refractivity contribution in [2.45, 2.75) is 19.4 Å². The Labute approximate surface area is 102 Å². The van der Waals surface area contributed by atoms with Crippen LogP contribution in [0.1, 0.15) is 22.5 Å². The highest BCUT2D eigenvalue weighted by Crippen LogP contribution is 2.16. The molecule has 1 aliphatic heterocycles. The van der Waals surface area contributed by atoms with Crippen molar-refractivity contribution in [3.8, 4) is 0 Å². The van der Waals surface area contributed by atoms with E-state index < -0.39 is 0 Å². The minimum Gasteiger partial charge on any atom is -0.337 e. The van der Waals surface area contributed by atoms with Crippen LogP contribution in [0.2, 0.25) is 0 Å². The van der Waals surface area contributed by atoms with Gasteiger partial charge in [-0.05, 0) is 39.6 Å². The van der Waals surface area contributed by atoms with E-state index in [2.05, 4.69) is 24.0 Å². The molecule has 1 aromatic rings. The van der Waals surface area contributed by atoms with Crippen molar-refractivity contribution in [1.82, 2.24) is 14.8 Å². The molecule has 0 spiro atoms. The molecule has 92 valence electrons. The summed E-state index contributed by atoms with van der Waals surface area (Å²) in [4.78, 5) is 20.5. The van der Waals surface area contributed by atoms with Gasteiger partial charge in [-0.1, -0.05) is 0 Å². The molecule has 0 aromatic carbocycles. The monoisotopic (exact) mass is 233 g/mol. The van der Waals surface area contributed by atoms with Gasteiger partial charge in [-0.2, -0.15) is 0 Å². The third kappa shape index (κ3) is 2.64. The lowest BCUT2D eigenvalue weighted by Gasteiger charge is -2.20. The van der Waals surface area contributed by atoms with Crippen LogP contribution in [0.15, 0.2) is 18.3 Å². The van der Waals surface area contributed by atoms with Crippen LogP contribution >= 0.6 is 0 Å². The molecule has 4 heteroatoms. The summed E-state index contributed by atoms with van der Waals surface area (Å²) in [6, 6.07) is 4.22. The van der Waals surface area contributed by atoms with Crippen LogP contribution in [0.4, 0.5) is 0 Å². The number of carbonyl (C=O) groups excluding carboxylic acids is 1. The van der Waals surface area contributed by atoms with E-state index in [1.165, 1.54) is 0 Å². The number of amides is 1. The van der Waals surface area contributed by atoms with Crippen LogP contribution in [0.25, 0.3) is 0 Å². The second-order valence-electron chi connectivity index (χ2n) is 4.85. The van der Waals surface area contributed by atoms with Gasteiger partial charge in [0.1, 0.15) is 0 Å². The maximum absolute atomic E-state index is 12.2. The van der Waals surface area contributed by atoms with Crippen molar-refractivity contribution >= 4 is 5.91 Å². The zero-order valence-electron chi connectivity index (χ0n) is 10.7. The summed E-state index contributed by atoms with van der Waals surface area (Å²) < 4.78 is 0. The van der Waals surface area contributed by atoms with Gasteiger partial charge in [0.15, 0.2) is 0 Å². The molecule has 0 unspecified atom stereocenters. The van der Waals surface area contributed by atoms with Gasteiger partial charge in [0.25, 0.3) is 5.91 Å². The summed E-state index contributed by atoms with van der Waals surface area (Å²) in [5.74, 6) is 0.0989. The van der Waals surface area contributed by atoms with Gasteiger partial charge in [-0.3, -0.25) is 9.78 Å². The molecule has 2 heterocycles. The zero-order chi connectivity index (χ0) is 12.4. The van der Waals surface area contributed by atoms with Gasteiger partial charge in [0, 0.05) is 31.0 Å². The van der Waals surface area contributed by atoms with Crippen LogP contribution in [0.3, 0.4) is 0 Å². The van der Waals surface area contributed by atoms with Crippen molar-refractivity contribution in [3.63, 3.8) is 0 Å². The molecule has 0 radical (unpaired) electrons. The lowest BCUT2D eigenvalue weighted by Crippen LogP contribution is -2.34. The maximum Gasteiger partial charge on any atom is 0.255 e. The molecule has 0 aliphatic carbocycles. The number of hydrogen-bond donors (Lipinski definition) is 0. The third-order valence-corrected chi connectivity index (χ3v) is 3.34. The second kappa shape index (κ2) is 4.84. The van der Waals surface area contributed by atoms with Crippen molar-refractivity contribution < 1.29 is 4.79 Å². The Bertz CT molecular complexity index is 400. The van der Waals surface area contributed by atoms with E-state index in [1.807, 2.05) is 24.0 Å². The zero-order valence-corrected chi connectivity index (χ0v) is 10.7. The van der Waals surface area contributed by atoms with Gasteiger partial charge in [0.2, 0.25) is 0 Å². The molecule has 1 aliphatic rings. The fraction of sp³-hybridized carbons (Fsp3) is 0.538. The Morgan fingerprint density at radius 1 is 1.47 bits per heavy atom. The molecule has 1 aromatic heterocycles. The molecule has 2 rings (SSSR count). The Morgan fingerprint density at radius 3 is 2.76 bits per heavy atom. The minimum absolute atomic E-state index is 0.0989. The van der Waals surface area contributed by atoms with Crippen LogP contribution in [-0.4, -0.2) is 53.9 Å². The Kier molecular flexibility index (Phi) is 3.43. The minimum atomic E-state index is 0.0989. The lowest BCUT2D eigenvalue weighted by atomic mass is 10.2. The van der Waals surface area contributed by atoms with Gasteiger partial charge in [-0.15, -0.1) is 0 Å². The molecule has 1 saturated heterocycles. The molecular weight excluding hydrogens is 214 g/mol. The van der Waals surface area contributed by atoms with E-state index in [-0.39, 0.29) is 5.91 Å². The maximum atomic E-state index is 12.2. The Balaban J connectivity index is 2.04. The SMILES string of the molecule is Cc1ccc(C(=O)N2CC[C@@H](N(C)C)C2)cn1. The Morgan fingerprint density at radius 2 is 2.24 bits per heavy atom. The third-order valence-electron chi connectivity index (χ3n) is 3.34. The number of pyridine rings is 1. The summed E-state index contributed by atoms with van der Waals surface area (Å²) in [5.41, 5.74) is 1.63. The van der Waals surface area contributed by atoms with Crippen LogP contribution in [0, 0.1) is 6.92 Å². The largest absolute Gasteiger partial charge is 0.337 e. The molecule has 17 heavy (non-hydrogen) atoms. The topological polar surface area (TPSA) is 36.4 Å². The first kappa shape index (κ1) is 12.0. The number of likely N-dealkylation sites (N-methyl/N-ethyl adjacent to an activating group) is 1. The molecule has 0 N–H and O–H groups in total. The second-order valence-corrected chi connectivity index (χ2v) is 4.85. The average Bonchev–Trinajstić information content (AvgIpc) is 2.78. The van der Waals surface area contributed by atoms with Gasteiger partial charge < -0.3 is 9.80 Å². The molecule has 1 fully saturated rings. The van der Waals surface area contributed by atoms with Crippen molar-refractivity contribution in [3.05, 3.63) is 29.6 Å². The van der Waals surface area contributed by atoms with Gasteiger partial charge >= 0.3 is 0 Å². The number of aryl methyl sites for hydroxylation is 1. The molecular formula is C13H19N3O. The highest BCUT2D eigenvalue weighted by Gasteiger charge is 2.27. The van der Waals surface area contributed by atoms with Crippen molar-refractivity contribution in [2.24, 2.45) is 0 Å².